The molecule has 0 spiro atoms. The summed E-state index contributed by atoms with van der Waals surface area (Å²) >= 11 is 0. The van der Waals surface area contributed by atoms with Crippen LogP contribution in [0.5, 0.6) is 0 Å². The summed E-state index contributed by atoms with van der Waals surface area (Å²) in [5.74, 6) is 0.255. The Labute approximate surface area is 88.8 Å². The molecular formula is C9H17N5O. The van der Waals surface area contributed by atoms with E-state index in [9.17, 15) is 4.79 Å². The van der Waals surface area contributed by atoms with Crippen LogP contribution in [0.1, 0.15) is 16.1 Å². The number of nitrogens with zero attached hydrogens (tertiary/aromatic N) is 3. The van der Waals surface area contributed by atoms with Crippen LogP contribution in [-0.4, -0.2) is 35.8 Å². The summed E-state index contributed by atoms with van der Waals surface area (Å²) in [5, 5.41) is 4.17. The number of amides is 1. The van der Waals surface area contributed by atoms with Crippen molar-refractivity contribution in [3.05, 3.63) is 11.3 Å². The van der Waals surface area contributed by atoms with Crippen molar-refractivity contribution < 1.29 is 4.79 Å². The molecular weight excluding hydrogens is 194 g/mol. The molecule has 1 aromatic heterocycles. The molecule has 0 unspecified atom stereocenters. The van der Waals surface area contributed by atoms with Crippen LogP contribution in [0.3, 0.4) is 0 Å². The van der Waals surface area contributed by atoms with Crippen molar-refractivity contribution in [2.24, 2.45) is 18.5 Å². The lowest BCUT2D eigenvalue weighted by Gasteiger charge is -2.19. The quantitative estimate of drug-likeness (QED) is 0.683. The van der Waals surface area contributed by atoms with Crippen molar-refractivity contribution in [3.8, 4) is 0 Å². The normalized spacial score (nSPS) is 10.4. The average molecular weight is 211 g/mol. The number of aryl methyl sites for hydroxylation is 2. The Hall–Kier alpha value is -1.56. The summed E-state index contributed by atoms with van der Waals surface area (Å²) in [6.45, 7) is 2.93. The van der Waals surface area contributed by atoms with Gasteiger partial charge in [0, 0.05) is 27.2 Å². The van der Waals surface area contributed by atoms with Gasteiger partial charge in [0.1, 0.15) is 11.4 Å². The molecule has 84 valence electrons. The maximum atomic E-state index is 11.3. The van der Waals surface area contributed by atoms with Gasteiger partial charge in [0.25, 0.3) is 5.91 Å². The first-order chi connectivity index (χ1) is 6.99. The predicted octanol–water partition coefficient (Wildman–Crippen LogP) is -0.778. The Balaban J connectivity index is 3.20. The Morgan fingerprint density at radius 1 is 1.60 bits per heavy atom. The minimum absolute atomic E-state index is 0.459. The molecule has 6 heteroatoms. The molecule has 1 heterocycles. The van der Waals surface area contributed by atoms with Gasteiger partial charge in [0.05, 0.1) is 5.69 Å². The topological polar surface area (TPSA) is 90.2 Å². The smallest absolute Gasteiger partial charge is 0.254 e. The van der Waals surface area contributed by atoms with E-state index in [0.29, 0.717) is 30.2 Å². The second-order valence-corrected chi connectivity index (χ2v) is 3.48. The molecule has 0 aliphatic rings. The first-order valence-corrected chi connectivity index (χ1v) is 4.73. The van der Waals surface area contributed by atoms with E-state index >= 15 is 0 Å². The van der Waals surface area contributed by atoms with E-state index in [1.165, 1.54) is 0 Å². The molecule has 15 heavy (non-hydrogen) atoms. The number of nitrogens with two attached hydrogens (primary N) is 2. The maximum Gasteiger partial charge on any atom is 0.254 e. The zero-order valence-electron chi connectivity index (χ0n) is 9.32. The molecule has 0 radical (unpaired) electrons. The van der Waals surface area contributed by atoms with Gasteiger partial charge in [0.15, 0.2) is 0 Å². The third-order valence-electron chi connectivity index (χ3n) is 2.26. The van der Waals surface area contributed by atoms with Gasteiger partial charge in [0.2, 0.25) is 0 Å². The van der Waals surface area contributed by atoms with Crippen molar-refractivity contribution in [2.75, 3.05) is 25.0 Å². The third kappa shape index (κ3) is 2.10. The van der Waals surface area contributed by atoms with Crippen molar-refractivity contribution in [1.29, 1.82) is 0 Å². The Bertz CT molecular complexity index is 371. The van der Waals surface area contributed by atoms with E-state index in [-0.39, 0.29) is 0 Å². The first-order valence-electron chi connectivity index (χ1n) is 4.73. The van der Waals surface area contributed by atoms with Crippen LogP contribution in [-0.2, 0) is 7.05 Å². The third-order valence-corrected chi connectivity index (χ3v) is 2.26. The summed E-state index contributed by atoms with van der Waals surface area (Å²) < 4.78 is 1.64. The fourth-order valence-corrected chi connectivity index (χ4v) is 1.67. The highest BCUT2D eigenvalue weighted by Gasteiger charge is 2.20. The zero-order valence-corrected chi connectivity index (χ0v) is 9.32. The molecule has 0 aromatic carbocycles. The molecule has 4 N–H and O–H groups in total. The lowest BCUT2D eigenvalue weighted by Crippen LogP contribution is -2.29. The molecule has 0 fully saturated rings. The van der Waals surface area contributed by atoms with Crippen LogP contribution in [0.15, 0.2) is 0 Å². The van der Waals surface area contributed by atoms with Crippen LogP contribution < -0.4 is 16.4 Å². The highest BCUT2D eigenvalue weighted by Crippen LogP contribution is 2.21. The minimum atomic E-state index is -0.459. The van der Waals surface area contributed by atoms with Crippen molar-refractivity contribution >= 4 is 11.7 Å². The van der Waals surface area contributed by atoms with Gasteiger partial charge in [-0.25, -0.2) is 0 Å². The monoisotopic (exact) mass is 211 g/mol. The summed E-state index contributed by atoms with van der Waals surface area (Å²) in [7, 11) is 3.64. The molecule has 0 saturated carbocycles. The van der Waals surface area contributed by atoms with Gasteiger partial charge >= 0.3 is 0 Å². The lowest BCUT2D eigenvalue weighted by molar-refractivity contribution is 0.1000. The van der Waals surface area contributed by atoms with E-state index < -0.39 is 5.91 Å². The standard InChI is InChI=1S/C9H17N5O/c1-6-7(8(11)15)9(14(3)12-6)13(2)5-4-10/h4-5,10H2,1-3H3,(H2,11,15). The number of likely N-dealkylation sites (N-methyl/N-ethyl adjacent to an activating group) is 1. The molecule has 0 saturated heterocycles. The van der Waals surface area contributed by atoms with E-state index in [1.807, 2.05) is 11.9 Å². The average Bonchev–Trinajstić information content (AvgIpc) is 2.41. The highest BCUT2D eigenvalue weighted by molar-refractivity contribution is 5.99. The Morgan fingerprint density at radius 2 is 2.20 bits per heavy atom. The highest BCUT2D eigenvalue weighted by atomic mass is 16.1. The van der Waals surface area contributed by atoms with Crippen LogP contribution in [0.4, 0.5) is 5.82 Å². The second kappa shape index (κ2) is 4.31. The fourth-order valence-electron chi connectivity index (χ4n) is 1.67. The molecule has 6 nitrogen and oxygen atoms in total. The minimum Gasteiger partial charge on any atom is -0.365 e. The number of primary amides is 1. The van der Waals surface area contributed by atoms with Crippen LogP contribution in [0, 0.1) is 6.92 Å². The number of rotatable bonds is 4. The molecule has 1 amide bonds. The number of hydrogen-bond acceptors (Lipinski definition) is 4. The number of carbonyl (C=O) groups excluding carboxylic acids is 1. The molecule has 1 aromatic rings. The fraction of sp³-hybridized carbons (Fsp3) is 0.556. The van der Waals surface area contributed by atoms with Gasteiger partial charge in [-0.3, -0.25) is 9.48 Å². The van der Waals surface area contributed by atoms with Crippen LogP contribution in [0.25, 0.3) is 0 Å². The van der Waals surface area contributed by atoms with Gasteiger partial charge in [-0.15, -0.1) is 0 Å². The van der Waals surface area contributed by atoms with E-state index in [1.54, 1.807) is 18.7 Å². The molecule has 0 aliphatic heterocycles. The van der Waals surface area contributed by atoms with Crippen molar-refractivity contribution in [3.63, 3.8) is 0 Å². The number of carbonyl (C=O) groups is 1. The predicted molar refractivity (Wildman–Crippen MR) is 58.8 cm³/mol. The summed E-state index contributed by atoms with van der Waals surface area (Å²) in [4.78, 5) is 13.2. The van der Waals surface area contributed by atoms with Gasteiger partial charge in [-0.05, 0) is 6.92 Å². The molecule has 0 bridgehead atoms. The zero-order chi connectivity index (χ0) is 11.6. The van der Waals surface area contributed by atoms with E-state index in [4.69, 9.17) is 11.5 Å². The lowest BCUT2D eigenvalue weighted by atomic mass is 10.2. The molecule has 0 aliphatic carbocycles. The Kier molecular flexibility index (Phi) is 3.31. The largest absolute Gasteiger partial charge is 0.365 e. The second-order valence-electron chi connectivity index (χ2n) is 3.48. The summed E-state index contributed by atoms with van der Waals surface area (Å²) in [6, 6.07) is 0. The van der Waals surface area contributed by atoms with Gasteiger partial charge in [-0.1, -0.05) is 0 Å². The number of anilines is 1. The SMILES string of the molecule is Cc1nn(C)c(N(C)CCN)c1C(N)=O. The van der Waals surface area contributed by atoms with Crippen molar-refractivity contribution in [2.45, 2.75) is 6.92 Å². The summed E-state index contributed by atoms with van der Waals surface area (Å²) in [5.41, 5.74) is 11.9. The van der Waals surface area contributed by atoms with Crippen LogP contribution >= 0.6 is 0 Å². The molecule has 1 rings (SSSR count). The van der Waals surface area contributed by atoms with E-state index in [2.05, 4.69) is 5.10 Å². The maximum absolute atomic E-state index is 11.3. The Morgan fingerprint density at radius 3 is 2.67 bits per heavy atom. The van der Waals surface area contributed by atoms with Gasteiger partial charge in [-0.2, -0.15) is 5.10 Å². The summed E-state index contributed by atoms with van der Waals surface area (Å²) in [6.07, 6.45) is 0. The van der Waals surface area contributed by atoms with Crippen LogP contribution in [0.2, 0.25) is 0 Å². The first kappa shape index (κ1) is 11.5. The van der Waals surface area contributed by atoms with Crippen molar-refractivity contribution in [1.82, 2.24) is 9.78 Å². The molecule has 0 atom stereocenters. The van der Waals surface area contributed by atoms with Gasteiger partial charge < -0.3 is 16.4 Å². The number of aromatic nitrogens is 2. The number of hydrogen-bond donors (Lipinski definition) is 2. The van der Waals surface area contributed by atoms with E-state index in [0.717, 1.165) is 0 Å².